The summed E-state index contributed by atoms with van der Waals surface area (Å²) in [5.41, 5.74) is 1.26. The molecule has 3 heteroatoms. The highest BCUT2D eigenvalue weighted by Crippen LogP contribution is 2.37. The predicted molar refractivity (Wildman–Crippen MR) is 65.1 cm³/mol. The van der Waals surface area contributed by atoms with E-state index in [4.69, 9.17) is 5.11 Å². The molecule has 0 unspecified atom stereocenters. The summed E-state index contributed by atoms with van der Waals surface area (Å²) in [5.74, 6) is 0.493. The van der Waals surface area contributed by atoms with Crippen molar-refractivity contribution < 1.29 is 15.0 Å². The minimum atomic E-state index is -0.682. The maximum Gasteiger partial charge on any atom is 0.303 e. The molecule has 0 spiro atoms. The average molecular weight is 234 g/mol. The second-order valence-electron chi connectivity index (χ2n) is 4.91. The second-order valence-corrected chi connectivity index (χ2v) is 4.91. The van der Waals surface area contributed by atoms with Crippen molar-refractivity contribution in [1.82, 2.24) is 0 Å². The third-order valence-electron chi connectivity index (χ3n) is 3.67. The Hall–Kier alpha value is -1.51. The van der Waals surface area contributed by atoms with Gasteiger partial charge in [0, 0.05) is 6.42 Å². The minimum Gasteiger partial charge on any atom is -0.508 e. The molecule has 92 valence electrons. The van der Waals surface area contributed by atoms with Crippen LogP contribution in [0.1, 0.15) is 43.6 Å². The highest BCUT2D eigenvalue weighted by atomic mass is 16.4. The van der Waals surface area contributed by atoms with Gasteiger partial charge in [-0.2, -0.15) is 0 Å². The molecule has 1 aromatic rings. The van der Waals surface area contributed by atoms with E-state index in [1.54, 1.807) is 12.1 Å². The first kappa shape index (κ1) is 12.0. The van der Waals surface area contributed by atoms with Crippen molar-refractivity contribution in [3.05, 3.63) is 29.8 Å². The molecular weight excluding hydrogens is 216 g/mol. The topological polar surface area (TPSA) is 57.5 Å². The first-order valence-corrected chi connectivity index (χ1v) is 6.16. The molecule has 2 rings (SSSR count). The van der Waals surface area contributed by atoms with Crippen LogP contribution < -0.4 is 0 Å². The summed E-state index contributed by atoms with van der Waals surface area (Å²) in [6.45, 7) is 0. The Morgan fingerprint density at radius 2 is 1.71 bits per heavy atom. The van der Waals surface area contributed by atoms with Crippen LogP contribution in [0.4, 0.5) is 0 Å². The number of phenols is 1. The second kappa shape index (κ2) is 5.21. The molecule has 0 radical (unpaired) electrons. The highest BCUT2D eigenvalue weighted by molar-refractivity contribution is 5.67. The molecule has 17 heavy (non-hydrogen) atoms. The van der Waals surface area contributed by atoms with Gasteiger partial charge in [-0.05, 0) is 55.2 Å². The van der Waals surface area contributed by atoms with E-state index in [0.717, 1.165) is 25.7 Å². The fourth-order valence-corrected chi connectivity index (χ4v) is 2.69. The maximum atomic E-state index is 10.6. The number of aromatic hydroxyl groups is 1. The zero-order valence-electron chi connectivity index (χ0n) is 9.80. The number of rotatable bonds is 3. The first-order chi connectivity index (χ1) is 8.15. The number of carboxylic acids is 1. The SMILES string of the molecule is O=C(O)C[C@H]1CC[C@@H](c2ccc(O)cc2)CC1. The molecule has 1 aromatic carbocycles. The molecule has 0 aliphatic heterocycles. The van der Waals surface area contributed by atoms with Gasteiger partial charge >= 0.3 is 5.97 Å². The number of carbonyl (C=O) groups is 1. The van der Waals surface area contributed by atoms with Crippen LogP contribution in [0.5, 0.6) is 5.75 Å². The lowest BCUT2D eigenvalue weighted by molar-refractivity contribution is -0.138. The van der Waals surface area contributed by atoms with Gasteiger partial charge < -0.3 is 10.2 Å². The standard InChI is InChI=1S/C14H18O3/c15-13-7-5-12(6-8-13)11-3-1-10(2-4-11)9-14(16)17/h5-8,10-11,15H,1-4,9H2,(H,16,17)/t10-,11+. The molecule has 1 saturated carbocycles. The van der Waals surface area contributed by atoms with Crippen molar-refractivity contribution in [3.63, 3.8) is 0 Å². The fraction of sp³-hybridized carbons (Fsp3) is 0.500. The van der Waals surface area contributed by atoms with E-state index in [1.807, 2.05) is 12.1 Å². The first-order valence-electron chi connectivity index (χ1n) is 6.16. The van der Waals surface area contributed by atoms with Gasteiger partial charge in [0.05, 0.1) is 0 Å². The number of benzene rings is 1. The summed E-state index contributed by atoms with van der Waals surface area (Å²) < 4.78 is 0. The predicted octanol–water partition coefficient (Wildman–Crippen LogP) is 3.14. The van der Waals surface area contributed by atoms with Crippen molar-refractivity contribution >= 4 is 5.97 Å². The van der Waals surface area contributed by atoms with Crippen LogP contribution in [0.3, 0.4) is 0 Å². The van der Waals surface area contributed by atoms with E-state index >= 15 is 0 Å². The summed E-state index contributed by atoms with van der Waals surface area (Å²) >= 11 is 0. The Morgan fingerprint density at radius 3 is 2.24 bits per heavy atom. The molecule has 3 nitrogen and oxygen atoms in total. The van der Waals surface area contributed by atoms with E-state index in [9.17, 15) is 9.90 Å². The Labute approximate surface area is 101 Å². The number of phenolic OH excluding ortho intramolecular Hbond substituents is 1. The summed E-state index contributed by atoms with van der Waals surface area (Å²) in [5, 5.41) is 18.0. The molecule has 1 aliphatic rings. The smallest absolute Gasteiger partial charge is 0.303 e. The number of carboxylic acid groups (broad SMARTS) is 1. The van der Waals surface area contributed by atoms with Crippen LogP contribution in [0.2, 0.25) is 0 Å². The minimum absolute atomic E-state index is 0.299. The van der Waals surface area contributed by atoms with Gasteiger partial charge in [-0.3, -0.25) is 4.79 Å². The molecule has 0 aromatic heterocycles. The number of hydrogen-bond acceptors (Lipinski definition) is 2. The quantitative estimate of drug-likeness (QED) is 0.844. The Kier molecular flexibility index (Phi) is 3.67. The number of aliphatic carboxylic acids is 1. The summed E-state index contributed by atoms with van der Waals surface area (Å²) in [4.78, 5) is 10.6. The Bertz CT molecular complexity index is 375. The van der Waals surface area contributed by atoms with E-state index in [1.165, 1.54) is 5.56 Å². The van der Waals surface area contributed by atoms with Gasteiger partial charge in [-0.25, -0.2) is 0 Å². The fourth-order valence-electron chi connectivity index (χ4n) is 2.69. The summed E-state index contributed by atoms with van der Waals surface area (Å²) in [6.07, 6.45) is 4.42. The largest absolute Gasteiger partial charge is 0.508 e. The van der Waals surface area contributed by atoms with Crippen molar-refractivity contribution in [2.24, 2.45) is 5.92 Å². The molecular formula is C14H18O3. The van der Waals surface area contributed by atoms with Crippen LogP contribution in [0.25, 0.3) is 0 Å². The van der Waals surface area contributed by atoms with Crippen LogP contribution in [0, 0.1) is 5.92 Å². The third-order valence-corrected chi connectivity index (χ3v) is 3.67. The van der Waals surface area contributed by atoms with Crippen molar-refractivity contribution in [2.75, 3.05) is 0 Å². The summed E-state index contributed by atoms with van der Waals surface area (Å²) in [7, 11) is 0. The van der Waals surface area contributed by atoms with E-state index in [2.05, 4.69) is 0 Å². The molecule has 2 N–H and O–H groups in total. The van der Waals surface area contributed by atoms with E-state index in [-0.39, 0.29) is 0 Å². The summed E-state index contributed by atoms with van der Waals surface area (Å²) in [6, 6.07) is 7.38. The molecule has 0 saturated heterocycles. The van der Waals surface area contributed by atoms with Gasteiger partial charge in [-0.15, -0.1) is 0 Å². The Morgan fingerprint density at radius 1 is 1.12 bits per heavy atom. The van der Waals surface area contributed by atoms with Crippen LogP contribution >= 0.6 is 0 Å². The lowest BCUT2D eigenvalue weighted by Gasteiger charge is -2.27. The van der Waals surface area contributed by atoms with Crippen LogP contribution in [-0.2, 0) is 4.79 Å². The lowest BCUT2D eigenvalue weighted by atomic mass is 9.77. The monoisotopic (exact) mass is 234 g/mol. The van der Waals surface area contributed by atoms with Crippen molar-refractivity contribution in [1.29, 1.82) is 0 Å². The molecule has 0 amide bonds. The van der Waals surface area contributed by atoms with Gasteiger partial charge in [0.25, 0.3) is 0 Å². The Balaban J connectivity index is 1.90. The molecule has 0 heterocycles. The zero-order valence-corrected chi connectivity index (χ0v) is 9.80. The number of hydrogen-bond donors (Lipinski definition) is 2. The van der Waals surface area contributed by atoms with Crippen LogP contribution in [-0.4, -0.2) is 16.2 Å². The maximum absolute atomic E-state index is 10.6. The molecule has 0 atom stereocenters. The van der Waals surface area contributed by atoms with Crippen LogP contribution in [0.15, 0.2) is 24.3 Å². The average Bonchev–Trinajstić information content (AvgIpc) is 2.30. The van der Waals surface area contributed by atoms with Gasteiger partial charge in [0.2, 0.25) is 0 Å². The molecule has 1 fully saturated rings. The normalized spacial score (nSPS) is 24.5. The zero-order chi connectivity index (χ0) is 12.3. The molecule has 0 bridgehead atoms. The third kappa shape index (κ3) is 3.22. The van der Waals surface area contributed by atoms with E-state index in [0.29, 0.717) is 24.0 Å². The van der Waals surface area contributed by atoms with Crippen molar-refractivity contribution in [2.45, 2.75) is 38.0 Å². The van der Waals surface area contributed by atoms with Gasteiger partial charge in [0.1, 0.15) is 5.75 Å². The van der Waals surface area contributed by atoms with Crippen molar-refractivity contribution in [3.8, 4) is 5.75 Å². The van der Waals surface area contributed by atoms with Gasteiger partial charge in [0.15, 0.2) is 0 Å². The highest BCUT2D eigenvalue weighted by Gasteiger charge is 2.23. The van der Waals surface area contributed by atoms with E-state index < -0.39 is 5.97 Å². The lowest BCUT2D eigenvalue weighted by Crippen LogP contribution is -2.16. The molecule has 1 aliphatic carbocycles. The van der Waals surface area contributed by atoms with Gasteiger partial charge in [-0.1, -0.05) is 12.1 Å².